The first-order valence-electron chi connectivity index (χ1n) is 5.55. The number of aromatic nitrogens is 2. The largest absolute Gasteiger partial charge is 0.355 e. The molecule has 0 aliphatic rings. The van der Waals surface area contributed by atoms with Crippen LogP contribution >= 0.6 is 0 Å². The van der Waals surface area contributed by atoms with Crippen LogP contribution in [0.3, 0.4) is 0 Å². The highest BCUT2D eigenvalue weighted by Gasteiger charge is 1.99. The van der Waals surface area contributed by atoms with E-state index in [-0.39, 0.29) is 5.91 Å². The predicted octanol–water partition coefficient (Wildman–Crippen LogP) is 0.482. The Morgan fingerprint density at radius 2 is 2.38 bits per heavy atom. The fraction of sp³-hybridized carbons (Fsp3) is 0.545. The molecule has 0 radical (unpaired) electrons. The lowest BCUT2D eigenvalue weighted by Gasteiger charge is -2.05. The van der Waals surface area contributed by atoms with Gasteiger partial charge >= 0.3 is 0 Å². The topological polar surface area (TPSA) is 66.9 Å². The van der Waals surface area contributed by atoms with Gasteiger partial charge in [-0.05, 0) is 12.5 Å². The van der Waals surface area contributed by atoms with Crippen molar-refractivity contribution in [3.63, 3.8) is 0 Å². The molecule has 1 aromatic rings. The van der Waals surface area contributed by atoms with E-state index in [4.69, 9.17) is 0 Å². The summed E-state index contributed by atoms with van der Waals surface area (Å²) in [5.41, 5.74) is 0.886. The van der Waals surface area contributed by atoms with Crippen LogP contribution in [0.25, 0.3) is 0 Å². The molecule has 1 rings (SSSR count). The maximum atomic E-state index is 11.3. The van der Waals surface area contributed by atoms with Gasteiger partial charge in [0, 0.05) is 19.3 Å². The summed E-state index contributed by atoms with van der Waals surface area (Å²) in [4.78, 5) is 19.2. The van der Waals surface area contributed by atoms with E-state index in [9.17, 15) is 4.79 Å². The van der Waals surface area contributed by atoms with Crippen molar-refractivity contribution in [3.05, 3.63) is 24.3 Å². The maximum absolute atomic E-state index is 11.3. The van der Waals surface area contributed by atoms with Crippen molar-refractivity contribution in [2.45, 2.75) is 26.3 Å². The van der Waals surface area contributed by atoms with Crippen LogP contribution in [0.5, 0.6) is 0 Å². The van der Waals surface area contributed by atoms with Crippen LogP contribution in [0.15, 0.2) is 18.6 Å². The summed E-state index contributed by atoms with van der Waals surface area (Å²) in [7, 11) is 0. The Morgan fingerprint density at radius 1 is 1.50 bits per heavy atom. The van der Waals surface area contributed by atoms with E-state index in [1.807, 2.05) is 6.07 Å². The molecule has 1 amide bonds. The first-order valence-corrected chi connectivity index (χ1v) is 5.55. The number of nitrogens with one attached hydrogen (secondary N) is 2. The van der Waals surface area contributed by atoms with Gasteiger partial charge in [-0.15, -0.1) is 0 Å². The minimum Gasteiger partial charge on any atom is -0.355 e. The number of hydrogen-bond acceptors (Lipinski definition) is 4. The van der Waals surface area contributed by atoms with Crippen LogP contribution < -0.4 is 10.6 Å². The van der Waals surface area contributed by atoms with Crippen molar-refractivity contribution in [3.8, 4) is 0 Å². The van der Waals surface area contributed by atoms with Gasteiger partial charge in [0.25, 0.3) is 0 Å². The predicted molar refractivity (Wildman–Crippen MR) is 61.7 cm³/mol. The Hall–Kier alpha value is -1.49. The van der Waals surface area contributed by atoms with Crippen LogP contribution in [0.1, 0.15) is 25.5 Å². The number of carbonyl (C=O) groups is 1. The Balaban J connectivity index is 2.09. The van der Waals surface area contributed by atoms with E-state index in [1.54, 1.807) is 6.20 Å². The third kappa shape index (κ3) is 5.41. The molecule has 16 heavy (non-hydrogen) atoms. The van der Waals surface area contributed by atoms with E-state index < -0.39 is 0 Å². The molecule has 0 saturated heterocycles. The summed E-state index contributed by atoms with van der Waals surface area (Å²) < 4.78 is 0. The first kappa shape index (κ1) is 12.6. The van der Waals surface area contributed by atoms with Gasteiger partial charge in [-0.3, -0.25) is 4.79 Å². The molecule has 0 saturated carbocycles. The zero-order valence-electron chi connectivity index (χ0n) is 9.57. The van der Waals surface area contributed by atoms with Crippen LogP contribution in [-0.4, -0.2) is 29.0 Å². The van der Waals surface area contributed by atoms with Crippen molar-refractivity contribution in [2.75, 3.05) is 13.1 Å². The Kier molecular flexibility index (Phi) is 6.10. The number of rotatable bonds is 7. The molecule has 5 heteroatoms. The number of amides is 1. The molecule has 1 aromatic heterocycles. The third-order valence-electron chi connectivity index (χ3n) is 2.09. The summed E-state index contributed by atoms with van der Waals surface area (Å²) in [6.07, 6.45) is 5.30. The Morgan fingerprint density at radius 3 is 3.06 bits per heavy atom. The Labute approximate surface area is 95.7 Å². The fourth-order valence-corrected chi connectivity index (χ4v) is 1.19. The van der Waals surface area contributed by atoms with E-state index in [2.05, 4.69) is 27.5 Å². The lowest BCUT2D eigenvalue weighted by Crippen LogP contribution is -2.34. The van der Waals surface area contributed by atoms with Gasteiger partial charge < -0.3 is 10.6 Å². The monoisotopic (exact) mass is 222 g/mol. The second-order valence-electron chi connectivity index (χ2n) is 3.51. The van der Waals surface area contributed by atoms with Gasteiger partial charge in [0.1, 0.15) is 6.33 Å². The number of carbonyl (C=O) groups excluding carboxylic acids is 1. The van der Waals surface area contributed by atoms with Crippen molar-refractivity contribution < 1.29 is 4.79 Å². The van der Waals surface area contributed by atoms with Crippen LogP contribution in [-0.2, 0) is 11.3 Å². The van der Waals surface area contributed by atoms with Crippen molar-refractivity contribution in [1.29, 1.82) is 0 Å². The van der Waals surface area contributed by atoms with Crippen molar-refractivity contribution in [1.82, 2.24) is 20.6 Å². The molecule has 0 fully saturated rings. The van der Waals surface area contributed by atoms with Crippen LogP contribution in [0, 0.1) is 0 Å². The molecule has 1 heterocycles. The standard InChI is InChI=1S/C11H18N4O/c1-2-3-5-14-11(16)8-13-7-10-4-6-12-9-15-10/h4,6,9,13H,2-3,5,7-8H2,1H3,(H,14,16). The van der Waals surface area contributed by atoms with Gasteiger partial charge in [0.15, 0.2) is 0 Å². The number of hydrogen-bond donors (Lipinski definition) is 2. The Bertz CT molecular complexity index is 302. The van der Waals surface area contributed by atoms with E-state index >= 15 is 0 Å². The normalized spacial score (nSPS) is 10.1. The number of nitrogens with zero attached hydrogens (tertiary/aromatic N) is 2. The number of unbranched alkanes of at least 4 members (excludes halogenated alkanes) is 1. The van der Waals surface area contributed by atoms with E-state index in [0.717, 1.165) is 25.1 Å². The molecule has 0 atom stereocenters. The quantitative estimate of drug-likeness (QED) is 0.659. The van der Waals surface area contributed by atoms with Crippen LogP contribution in [0.4, 0.5) is 0 Å². The van der Waals surface area contributed by atoms with Gasteiger partial charge in [-0.2, -0.15) is 0 Å². The average Bonchev–Trinajstić information content (AvgIpc) is 2.31. The highest BCUT2D eigenvalue weighted by Crippen LogP contribution is 1.88. The molecule has 0 aliphatic carbocycles. The summed E-state index contributed by atoms with van der Waals surface area (Å²) in [5, 5.41) is 5.86. The fourth-order valence-electron chi connectivity index (χ4n) is 1.19. The summed E-state index contributed by atoms with van der Waals surface area (Å²) in [5.74, 6) is 0.0301. The molecular weight excluding hydrogens is 204 g/mol. The second-order valence-corrected chi connectivity index (χ2v) is 3.51. The highest BCUT2D eigenvalue weighted by atomic mass is 16.1. The van der Waals surface area contributed by atoms with Gasteiger partial charge in [0.05, 0.1) is 12.2 Å². The minimum atomic E-state index is 0.0301. The van der Waals surface area contributed by atoms with Gasteiger partial charge in [-0.25, -0.2) is 9.97 Å². The summed E-state index contributed by atoms with van der Waals surface area (Å²) in [6, 6.07) is 1.82. The zero-order chi connectivity index (χ0) is 11.6. The average molecular weight is 222 g/mol. The summed E-state index contributed by atoms with van der Waals surface area (Å²) in [6.45, 7) is 3.77. The maximum Gasteiger partial charge on any atom is 0.233 e. The minimum absolute atomic E-state index is 0.0301. The molecular formula is C11H18N4O. The first-order chi connectivity index (χ1) is 7.83. The molecule has 0 aliphatic heterocycles. The lowest BCUT2D eigenvalue weighted by molar-refractivity contribution is -0.120. The van der Waals surface area contributed by atoms with Crippen LogP contribution in [0.2, 0.25) is 0 Å². The molecule has 0 unspecified atom stereocenters. The smallest absolute Gasteiger partial charge is 0.233 e. The highest BCUT2D eigenvalue weighted by molar-refractivity contribution is 5.77. The lowest BCUT2D eigenvalue weighted by atomic mass is 10.3. The van der Waals surface area contributed by atoms with Gasteiger partial charge in [-0.1, -0.05) is 13.3 Å². The molecule has 0 bridgehead atoms. The molecule has 0 aromatic carbocycles. The van der Waals surface area contributed by atoms with Gasteiger partial charge in [0.2, 0.25) is 5.91 Å². The van der Waals surface area contributed by atoms with E-state index in [0.29, 0.717) is 13.1 Å². The van der Waals surface area contributed by atoms with Crippen molar-refractivity contribution in [2.24, 2.45) is 0 Å². The van der Waals surface area contributed by atoms with Crippen molar-refractivity contribution >= 4 is 5.91 Å². The molecule has 2 N–H and O–H groups in total. The molecule has 88 valence electrons. The third-order valence-corrected chi connectivity index (χ3v) is 2.09. The zero-order valence-corrected chi connectivity index (χ0v) is 9.57. The summed E-state index contributed by atoms with van der Waals surface area (Å²) >= 11 is 0. The molecule has 0 spiro atoms. The second kappa shape index (κ2) is 7.76. The SMILES string of the molecule is CCCCNC(=O)CNCc1ccncn1. The van der Waals surface area contributed by atoms with E-state index in [1.165, 1.54) is 6.33 Å². The molecule has 5 nitrogen and oxygen atoms in total.